The molecule has 1 aliphatic carbocycles. The van der Waals surface area contributed by atoms with Crippen LogP contribution in [0.2, 0.25) is 5.02 Å². The molecule has 9 nitrogen and oxygen atoms in total. The molecule has 6 heterocycles. The maximum Gasteiger partial charge on any atom is 0.319 e. The van der Waals surface area contributed by atoms with Crippen LogP contribution >= 0.6 is 22.9 Å². The predicted octanol–water partition coefficient (Wildman–Crippen LogP) is 6.91. The zero-order chi connectivity index (χ0) is 33.8. The molecule has 4 aromatic rings. The third-order valence-electron chi connectivity index (χ3n) is 10.8. The molecule has 2 N–H and O–H groups in total. The van der Waals surface area contributed by atoms with Gasteiger partial charge in [-0.1, -0.05) is 29.3 Å². The fourth-order valence-corrected chi connectivity index (χ4v) is 9.69. The fourth-order valence-electron chi connectivity index (χ4n) is 8.41. The highest BCUT2D eigenvalue weighted by molar-refractivity contribution is 7.23. The van der Waals surface area contributed by atoms with Gasteiger partial charge in [0.2, 0.25) is 0 Å². The second-order valence-corrected chi connectivity index (χ2v) is 15.2. The average Bonchev–Trinajstić information content (AvgIpc) is 3.29. The Bertz CT molecular complexity index is 2220. The van der Waals surface area contributed by atoms with Crippen LogP contribution in [0, 0.1) is 46.1 Å². The SMILES string of the molecule is N#Cc1c(N)sc2c(F)ccc(-c3c(Cl)c4c5c(nc(OCC67CCCN6C[C@H](F)C7)nc5c3F)N3C/C(=C\C5CC5C#N)CC3CO4)c12. The molecule has 4 aliphatic heterocycles. The van der Waals surface area contributed by atoms with Crippen LogP contribution in [0.15, 0.2) is 23.8 Å². The number of aromatic nitrogens is 2. The van der Waals surface area contributed by atoms with E-state index in [9.17, 15) is 14.9 Å². The van der Waals surface area contributed by atoms with Crippen molar-refractivity contribution in [3.63, 3.8) is 0 Å². The Morgan fingerprint density at radius 1 is 1.24 bits per heavy atom. The Balaban J connectivity index is 1.22. The van der Waals surface area contributed by atoms with Gasteiger partial charge in [-0.15, -0.1) is 11.3 Å². The topological polar surface area (TPSA) is 124 Å². The smallest absolute Gasteiger partial charge is 0.319 e. The van der Waals surface area contributed by atoms with E-state index in [1.165, 1.54) is 12.1 Å². The van der Waals surface area contributed by atoms with Gasteiger partial charge in [0.05, 0.1) is 44.2 Å². The molecule has 4 unspecified atom stereocenters. The lowest BCUT2D eigenvalue weighted by Crippen LogP contribution is -2.43. The highest BCUT2D eigenvalue weighted by Gasteiger charge is 2.49. The van der Waals surface area contributed by atoms with Crippen LogP contribution in [0.1, 0.15) is 37.7 Å². The molecule has 3 saturated heterocycles. The summed E-state index contributed by atoms with van der Waals surface area (Å²) in [5.74, 6) is -0.587. The van der Waals surface area contributed by atoms with Crippen molar-refractivity contribution in [3.8, 4) is 35.0 Å². The van der Waals surface area contributed by atoms with Crippen LogP contribution in [0.4, 0.5) is 24.0 Å². The molecular weight excluding hydrogens is 675 g/mol. The number of hydrogen-bond donors (Lipinski definition) is 1. The summed E-state index contributed by atoms with van der Waals surface area (Å²) in [6, 6.07) is 6.72. The Labute approximate surface area is 288 Å². The number of rotatable bonds is 5. The Hall–Kier alpha value is -4.30. The largest absolute Gasteiger partial charge is 0.489 e. The molecule has 0 radical (unpaired) electrons. The number of halogens is 4. The van der Waals surface area contributed by atoms with Gasteiger partial charge in [0.1, 0.15) is 47.6 Å². The summed E-state index contributed by atoms with van der Waals surface area (Å²) in [7, 11) is 0. The van der Waals surface area contributed by atoms with Crippen molar-refractivity contribution in [2.45, 2.75) is 49.9 Å². The standard InChI is InChI=1S/C35H29ClF3N7O2S/c36-27-25(21-2-3-23(38)31-24(21)22(11-41)32(42)49-31)28(39)29-26-30(27)47-14-20-7-16(6-17-8-18(17)10-40)12-46(20)33(26)44-34(43-29)48-15-35-4-1-5-45(35)13-19(37)9-35/h2-3,6,17-20H,1,4-5,7-9,12-15,42H2/b16-6-/t17?,18?,19-,20?,35?/m1/s1. The van der Waals surface area contributed by atoms with Crippen LogP contribution in [0.3, 0.4) is 0 Å². The van der Waals surface area contributed by atoms with Gasteiger partial charge in [-0.05, 0) is 49.8 Å². The van der Waals surface area contributed by atoms with Crippen LogP contribution in [0.5, 0.6) is 11.8 Å². The van der Waals surface area contributed by atoms with Gasteiger partial charge in [0, 0.05) is 30.5 Å². The van der Waals surface area contributed by atoms with E-state index in [0.29, 0.717) is 31.7 Å². The molecule has 2 aromatic carbocycles. The van der Waals surface area contributed by atoms with Gasteiger partial charge in [-0.3, -0.25) is 4.90 Å². The first-order valence-electron chi connectivity index (χ1n) is 16.3. The maximum absolute atomic E-state index is 17.2. The average molecular weight is 704 g/mol. The first-order chi connectivity index (χ1) is 23.7. The molecule has 0 bridgehead atoms. The van der Waals surface area contributed by atoms with E-state index in [-0.39, 0.29) is 90.6 Å². The first kappa shape index (κ1) is 30.7. The molecular formula is C35H29ClF3N7O2S. The minimum atomic E-state index is -0.951. The number of thiophene rings is 1. The third kappa shape index (κ3) is 4.66. The molecule has 5 atom stereocenters. The van der Waals surface area contributed by atoms with Gasteiger partial charge in [0.15, 0.2) is 11.6 Å². The van der Waals surface area contributed by atoms with Crippen molar-refractivity contribution in [3.05, 3.63) is 46.0 Å². The zero-order valence-corrected chi connectivity index (χ0v) is 27.7. The van der Waals surface area contributed by atoms with Gasteiger partial charge in [-0.2, -0.15) is 20.5 Å². The predicted molar refractivity (Wildman–Crippen MR) is 179 cm³/mol. The van der Waals surface area contributed by atoms with E-state index in [4.69, 9.17) is 31.8 Å². The van der Waals surface area contributed by atoms with Crippen molar-refractivity contribution in [2.75, 3.05) is 43.5 Å². The van der Waals surface area contributed by atoms with E-state index in [1.807, 2.05) is 6.07 Å². The number of nitriles is 2. The zero-order valence-electron chi connectivity index (χ0n) is 26.1. The Kier molecular flexibility index (Phi) is 6.97. The van der Waals surface area contributed by atoms with E-state index in [0.717, 1.165) is 42.7 Å². The number of nitrogens with two attached hydrogens (primary N) is 1. The normalized spacial score (nSPS) is 28.0. The van der Waals surface area contributed by atoms with Crippen molar-refractivity contribution in [2.24, 2.45) is 11.8 Å². The lowest BCUT2D eigenvalue weighted by Gasteiger charge is -2.31. The van der Waals surface area contributed by atoms with Crippen molar-refractivity contribution in [1.82, 2.24) is 14.9 Å². The second kappa shape index (κ2) is 11.1. The highest BCUT2D eigenvalue weighted by atomic mass is 35.5. The minimum absolute atomic E-state index is 0.0223. The molecule has 0 spiro atoms. The Morgan fingerprint density at radius 2 is 2.10 bits per heavy atom. The third-order valence-corrected chi connectivity index (χ3v) is 12.2. The van der Waals surface area contributed by atoms with E-state index in [1.54, 1.807) is 0 Å². The molecule has 9 rings (SSSR count). The van der Waals surface area contributed by atoms with Crippen LogP contribution in [-0.2, 0) is 0 Å². The van der Waals surface area contributed by atoms with Gasteiger partial charge in [0.25, 0.3) is 0 Å². The summed E-state index contributed by atoms with van der Waals surface area (Å²) < 4.78 is 59.5. The molecule has 250 valence electrons. The van der Waals surface area contributed by atoms with E-state index < -0.39 is 23.3 Å². The molecule has 5 aliphatic rings. The van der Waals surface area contributed by atoms with Crippen molar-refractivity contribution >= 4 is 54.7 Å². The lowest BCUT2D eigenvalue weighted by atomic mass is 9.95. The molecule has 2 aromatic heterocycles. The highest BCUT2D eigenvalue weighted by Crippen LogP contribution is 2.52. The number of fused-ring (bicyclic) bond motifs is 4. The summed E-state index contributed by atoms with van der Waals surface area (Å²) in [6.07, 6.45) is 4.76. The number of nitrogens with zero attached hydrogens (tertiary/aromatic N) is 6. The van der Waals surface area contributed by atoms with Gasteiger partial charge < -0.3 is 20.1 Å². The molecule has 0 amide bonds. The summed E-state index contributed by atoms with van der Waals surface area (Å²) in [4.78, 5) is 13.6. The number of benzene rings is 2. The minimum Gasteiger partial charge on any atom is -0.489 e. The molecule has 49 heavy (non-hydrogen) atoms. The second-order valence-electron chi connectivity index (χ2n) is 13.8. The number of ether oxygens (including phenoxy) is 2. The fraction of sp³-hybridized carbons (Fsp3) is 0.429. The summed E-state index contributed by atoms with van der Waals surface area (Å²) in [5.41, 5.74) is 6.77. The van der Waals surface area contributed by atoms with E-state index in [2.05, 4.69) is 26.9 Å². The summed E-state index contributed by atoms with van der Waals surface area (Å²) in [5, 5.41) is 19.8. The lowest BCUT2D eigenvalue weighted by molar-refractivity contribution is 0.107. The number of anilines is 2. The quantitative estimate of drug-likeness (QED) is 0.221. The van der Waals surface area contributed by atoms with Gasteiger partial charge >= 0.3 is 6.01 Å². The molecule has 4 fully saturated rings. The van der Waals surface area contributed by atoms with Crippen molar-refractivity contribution in [1.29, 1.82) is 10.5 Å². The van der Waals surface area contributed by atoms with Crippen LogP contribution < -0.4 is 20.1 Å². The van der Waals surface area contributed by atoms with Crippen LogP contribution in [-0.4, -0.2) is 65.5 Å². The monoisotopic (exact) mass is 703 g/mol. The summed E-state index contributed by atoms with van der Waals surface area (Å²) in [6.45, 7) is 1.99. The van der Waals surface area contributed by atoms with Gasteiger partial charge in [-0.25, -0.2) is 13.2 Å². The van der Waals surface area contributed by atoms with Crippen molar-refractivity contribution < 1.29 is 22.6 Å². The van der Waals surface area contributed by atoms with E-state index >= 15 is 8.78 Å². The number of allylic oxidation sites excluding steroid dienone is 1. The maximum atomic E-state index is 17.2. The summed E-state index contributed by atoms with van der Waals surface area (Å²) >= 11 is 7.95. The Morgan fingerprint density at radius 3 is 2.90 bits per heavy atom. The number of hydrogen-bond acceptors (Lipinski definition) is 10. The number of nitrogen functional groups attached to an aromatic ring is 1. The number of alkyl halides is 1. The molecule has 1 saturated carbocycles. The molecule has 14 heteroatoms. The van der Waals surface area contributed by atoms with Crippen LogP contribution in [0.25, 0.3) is 32.1 Å². The first-order valence-corrected chi connectivity index (χ1v) is 17.5.